The summed E-state index contributed by atoms with van der Waals surface area (Å²) < 4.78 is 5.04. The molecule has 1 heterocycles. The summed E-state index contributed by atoms with van der Waals surface area (Å²) in [6.45, 7) is 0.737. The van der Waals surface area contributed by atoms with E-state index in [1.54, 1.807) is 13.2 Å². The fraction of sp³-hybridized carbons (Fsp3) is 0.231. The van der Waals surface area contributed by atoms with Crippen molar-refractivity contribution in [3.8, 4) is 11.3 Å². The van der Waals surface area contributed by atoms with Crippen molar-refractivity contribution in [3.05, 3.63) is 42.0 Å². The lowest BCUT2D eigenvalue weighted by Crippen LogP contribution is -1.95. The van der Waals surface area contributed by atoms with Crippen molar-refractivity contribution in [2.24, 2.45) is 0 Å². The number of nitrogen functional groups attached to an aromatic ring is 1. The topological polar surface area (TPSA) is 61.0 Å². The van der Waals surface area contributed by atoms with E-state index >= 15 is 0 Å². The number of nitrogens with zero attached hydrogens (tertiary/aromatic N) is 2. The molecule has 88 valence electrons. The van der Waals surface area contributed by atoms with Crippen molar-refractivity contribution >= 4 is 5.82 Å². The predicted molar refractivity (Wildman–Crippen MR) is 67.5 cm³/mol. The molecule has 4 nitrogen and oxygen atoms in total. The molecule has 0 aliphatic heterocycles. The van der Waals surface area contributed by atoms with Crippen molar-refractivity contribution < 1.29 is 4.74 Å². The van der Waals surface area contributed by atoms with Crippen LogP contribution in [-0.2, 0) is 11.2 Å². The summed E-state index contributed by atoms with van der Waals surface area (Å²) in [7, 11) is 1.71. The van der Waals surface area contributed by atoms with Crippen LogP contribution in [0.1, 0.15) is 5.56 Å². The smallest absolute Gasteiger partial charge is 0.146 e. The van der Waals surface area contributed by atoms with Gasteiger partial charge in [-0.1, -0.05) is 24.3 Å². The highest BCUT2D eigenvalue weighted by Gasteiger charge is 2.00. The highest BCUT2D eigenvalue weighted by molar-refractivity contribution is 5.59. The molecule has 0 saturated heterocycles. The van der Waals surface area contributed by atoms with Crippen LogP contribution >= 0.6 is 0 Å². The van der Waals surface area contributed by atoms with E-state index in [9.17, 15) is 0 Å². The highest BCUT2D eigenvalue weighted by atomic mass is 16.5. The SMILES string of the molecule is COCCc1ccc(-c2ccc(N)nn2)cc1. The van der Waals surface area contributed by atoms with Crippen LogP contribution in [0.4, 0.5) is 5.82 Å². The van der Waals surface area contributed by atoms with Crippen LogP contribution in [0.3, 0.4) is 0 Å². The molecule has 0 saturated carbocycles. The molecule has 1 aromatic heterocycles. The molecule has 0 bridgehead atoms. The minimum absolute atomic E-state index is 0.436. The summed E-state index contributed by atoms with van der Waals surface area (Å²) in [6.07, 6.45) is 0.921. The molecule has 0 amide bonds. The van der Waals surface area contributed by atoms with Gasteiger partial charge in [-0.15, -0.1) is 10.2 Å². The number of benzene rings is 1. The zero-order chi connectivity index (χ0) is 12.1. The van der Waals surface area contributed by atoms with Gasteiger partial charge in [0.2, 0.25) is 0 Å². The van der Waals surface area contributed by atoms with Gasteiger partial charge in [-0.05, 0) is 24.1 Å². The Morgan fingerprint density at radius 3 is 2.41 bits per heavy atom. The van der Waals surface area contributed by atoms with Gasteiger partial charge in [0.25, 0.3) is 0 Å². The van der Waals surface area contributed by atoms with Crippen molar-refractivity contribution in [1.82, 2.24) is 10.2 Å². The molecule has 4 heteroatoms. The van der Waals surface area contributed by atoms with Crippen molar-refractivity contribution in [3.63, 3.8) is 0 Å². The zero-order valence-electron chi connectivity index (χ0n) is 9.76. The second-order valence-electron chi connectivity index (χ2n) is 3.78. The molecule has 0 radical (unpaired) electrons. The number of rotatable bonds is 4. The maximum Gasteiger partial charge on any atom is 0.146 e. The first-order valence-corrected chi connectivity index (χ1v) is 5.47. The maximum absolute atomic E-state index is 5.50. The van der Waals surface area contributed by atoms with Crippen LogP contribution in [0.15, 0.2) is 36.4 Å². The first-order chi connectivity index (χ1) is 8.29. The predicted octanol–water partition coefficient (Wildman–Crippen LogP) is 1.91. The van der Waals surface area contributed by atoms with Gasteiger partial charge in [0.1, 0.15) is 5.82 Å². The van der Waals surface area contributed by atoms with Gasteiger partial charge in [-0.25, -0.2) is 0 Å². The van der Waals surface area contributed by atoms with Gasteiger partial charge in [0.15, 0.2) is 0 Å². The first-order valence-electron chi connectivity index (χ1n) is 5.47. The van der Waals surface area contributed by atoms with Crippen LogP contribution < -0.4 is 5.73 Å². The lowest BCUT2D eigenvalue weighted by molar-refractivity contribution is 0.202. The summed E-state index contributed by atoms with van der Waals surface area (Å²) in [4.78, 5) is 0. The highest BCUT2D eigenvalue weighted by Crippen LogP contribution is 2.17. The Morgan fingerprint density at radius 1 is 1.06 bits per heavy atom. The third-order valence-electron chi connectivity index (χ3n) is 2.53. The number of hydrogen-bond acceptors (Lipinski definition) is 4. The van der Waals surface area contributed by atoms with Crippen molar-refractivity contribution in [2.45, 2.75) is 6.42 Å². The van der Waals surface area contributed by atoms with Crippen LogP contribution in [0.2, 0.25) is 0 Å². The fourth-order valence-corrected chi connectivity index (χ4v) is 1.56. The summed E-state index contributed by atoms with van der Waals surface area (Å²) in [5, 5.41) is 7.88. The second kappa shape index (κ2) is 5.41. The van der Waals surface area contributed by atoms with Gasteiger partial charge in [0.05, 0.1) is 12.3 Å². The van der Waals surface area contributed by atoms with Crippen LogP contribution in [0.25, 0.3) is 11.3 Å². The van der Waals surface area contributed by atoms with Crippen molar-refractivity contribution in [2.75, 3.05) is 19.5 Å². The van der Waals surface area contributed by atoms with E-state index in [4.69, 9.17) is 10.5 Å². The fourth-order valence-electron chi connectivity index (χ4n) is 1.56. The Bertz CT molecular complexity index is 465. The maximum atomic E-state index is 5.50. The van der Waals surface area contributed by atoms with E-state index in [-0.39, 0.29) is 0 Å². The third kappa shape index (κ3) is 3.01. The van der Waals surface area contributed by atoms with Crippen LogP contribution in [0, 0.1) is 0 Å². The molecule has 0 unspecified atom stereocenters. The van der Waals surface area contributed by atoms with E-state index in [1.165, 1.54) is 5.56 Å². The molecule has 17 heavy (non-hydrogen) atoms. The largest absolute Gasteiger partial charge is 0.384 e. The minimum Gasteiger partial charge on any atom is -0.384 e. The summed E-state index contributed by atoms with van der Waals surface area (Å²) in [6, 6.07) is 11.8. The molecule has 0 fully saturated rings. The monoisotopic (exact) mass is 229 g/mol. The zero-order valence-corrected chi connectivity index (χ0v) is 9.76. The van der Waals surface area contributed by atoms with E-state index in [0.717, 1.165) is 24.3 Å². The molecule has 0 aliphatic rings. The van der Waals surface area contributed by atoms with E-state index in [0.29, 0.717) is 5.82 Å². The number of ether oxygens (including phenoxy) is 1. The number of methoxy groups -OCH3 is 1. The standard InChI is InChI=1S/C13H15N3O/c1-17-9-8-10-2-4-11(5-3-10)12-6-7-13(14)16-15-12/h2-7H,8-9H2,1H3,(H2,14,16). The molecule has 0 spiro atoms. The normalized spacial score (nSPS) is 10.4. The Morgan fingerprint density at radius 2 is 1.82 bits per heavy atom. The number of anilines is 1. The third-order valence-corrected chi connectivity index (χ3v) is 2.53. The lowest BCUT2D eigenvalue weighted by atomic mass is 10.1. The van der Waals surface area contributed by atoms with E-state index in [1.807, 2.05) is 18.2 Å². The average molecular weight is 229 g/mol. The van der Waals surface area contributed by atoms with Gasteiger partial charge in [-0.3, -0.25) is 0 Å². The first kappa shape index (κ1) is 11.5. The van der Waals surface area contributed by atoms with Gasteiger partial charge in [0, 0.05) is 12.7 Å². The van der Waals surface area contributed by atoms with Crippen LogP contribution in [-0.4, -0.2) is 23.9 Å². The summed E-state index contributed by atoms with van der Waals surface area (Å²) in [5.74, 6) is 0.436. The average Bonchev–Trinajstić information content (AvgIpc) is 2.38. The molecule has 0 aliphatic carbocycles. The molecule has 2 N–H and O–H groups in total. The molecule has 2 rings (SSSR count). The van der Waals surface area contributed by atoms with Gasteiger partial charge < -0.3 is 10.5 Å². The van der Waals surface area contributed by atoms with Crippen molar-refractivity contribution in [1.29, 1.82) is 0 Å². The molecular weight excluding hydrogens is 214 g/mol. The summed E-state index contributed by atoms with van der Waals surface area (Å²) in [5.41, 5.74) is 8.62. The number of nitrogens with two attached hydrogens (primary N) is 1. The molecule has 1 aromatic carbocycles. The Labute approximate surface area is 100 Å². The van der Waals surface area contributed by atoms with E-state index < -0.39 is 0 Å². The lowest BCUT2D eigenvalue weighted by Gasteiger charge is -2.03. The van der Waals surface area contributed by atoms with Gasteiger partial charge >= 0.3 is 0 Å². The Kier molecular flexibility index (Phi) is 3.67. The Balaban J connectivity index is 2.14. The number of hydrogen-bond donors (Lipinski definition) is 1. The second-order valence-corrected chi connectivity index (χ2v) is 3.78. The van der Waals surface area contributed by atoms with E-state index in [2.05, 4.69) is 22.3 Å². The van der Waals surface area contributed by atoms with Gasteiger partial charge in [-0.2, -0.15) is 0 Å². The molecule has 2 aromatic rings. The Hall–Kier alpha value is -1.94. The molecular formula is C13H15N3O. The van der Waals surface area contributed by atoms with Crippen LogP contribution in [0.5, 0.6) is 0 Å². The minimum atomic E-state index is 0.436. The number of aromatic nitrogens is 2. The quantitative estimate of drug-likeness (QED) is 0.870. The summed E-state index contributed by atoms with van der Waals surface area (Å²) >= 11 is 0. The molecule has 0 atom stereocenters.